The van der Waals surface area contributed by atoms with Crippen molar-refractivity contribution >= 4 is 21.6 Å². The van der Waals surface area contributed by atoms with Gasteiger partial charge in [-0.2, -0.15) is 4.98 Å². The zero-order chi connectivity index (χ0) is 15.5. The normalized spacial score (nSPS) is 11.8. The largest absolute Gasteiger partial charge is 0.340 e. The molecular weight excluding hydrogens is 323 g/mol. The highest BCUT2D eigenvalue weighted by atomic mass is 35.5. The number of benzene rings is 1. The first-order chi connectivity index (χ1) is 9.94. The van der Waals surface area contributed by atoms with Crippen molar-refractivity contribution < 1.29 is 17.3 Å². The summed E-state index contributed by atoms with van der Waals surface area (Å²) in [5.41, 5.74) is 5.62. The number of aromatic nitrogens is 2. The fourth-order valence-corrected chi connectivity index (χ4v) is 2.88. The van der Waals surface area contributed by atoms with Crippen molar-refractivity contribution in [3.05, 3.63) is 40.8 Å². The molecule has 0 fully saturated rings. The summed E-state index contributed by atoms with van der Waals surface area (Å²) >= 11 is 5.69. The maximum Gasteiger partial charge on any atom is 0.240 e. The number of halogens is 2. The highest BCUT2D eigenvalue weighted by Gasteiger charge is 2.18. The van der Waals surface area contributed by atoms with Crippen molar-refractivity contribution in [2.45, 2.75) is 17.9 Å². The van der Waals surface area contributed by atoms with Crippen molar-refractivity contribution in [1.82, 2.24) is 14.9 Å². The Kier molecular flexibility index (Phi) is 4.88. The van der Waals surface area contributed by atoms with E-state index in [0.717, 1.165) is 6.07 Å². The molecule has 0 atom stereocenters. The topological polar surface area (TPSA) is 111 Å². The Balaban J connectivity index is 2.13. The van der Waals surface area contributed by atoms with E-state index in [0.29, 0.717) is 5.89 Å². The molecule has 0 aliphatic carbocycles. The molecule has 1 aromatic heterocycles. The maximum atomic E-state index is 13.6. The van der Waals surface area contributed by atoms with Gasteiger partial charge in [0.25, 0.3) is 0 Å². The zero-order valence-corrected chi connectivity index (χ0v) is 12.3. The molecule has 1 aromatic carbocycles. The second kappa shape index (κ2) is 6.48. The Morgan fingerprint density at radius 1 is 1.43 bits per heavy atom. The van der Waals surface area contributed by atoms with E-state index >= 15 is 0 Å². The van der Waals surface area contributed by atoms with Gasteiger partial charge in [-0.1, -0.05) is 16.8 Å². The predicted molar refractivity (Wildman–Crippen MR) is 72.5 cm³/mol. The Hall–Kier alpha value is -1.55. The van der Waals surface area contributed by atoms with Crippen LogP contribution in [0.3, 0.4) is 0 Å². The third-order valence-corrected chi connectivity index (χ3v) is 4.51. The summed E-state index contributed by atoms with van der Waals surface area (Å²) in [7, 11) is -3.88. The fourth-order valence-electron chi connectivity index (χ4n) is 1.60. The highest BCUT2D eigenvalue weighted by Crippen LogP contribution is 2.24. The van der Waals surface area contributed by atoms with Crippen molar-refractivity contribution in [2.24, 2.45) is 5.73 Å². The van der Waals surface area contributed by atoms with Crippen LogP contribution in [-0.4, -0.2) is 25.1 Å². The Morgan fingerprint density at radius 3 is 2.81 bits per heavy atom. The Labute approximate surface area is 125 Å². The van der Waals surface area contributed by atoms with Gasteiger partial charge in [0.2, 0.25) is 15.9 Å². The monoisotopic (exact) mass is 334 g/mol. The summed E-state index contributed by atoms with van der Waals surface area (Å²) < 4.78 is 44.8. The molecule has 0 saturated heterocycles. The molecular formula is C11H12ClFN4O3S. The standard InChI is InChI=1S/C11H12ClFN4O3S/c12-11-7(5-14)3-8(4-9(11)13)21(18,19)17-2-1-10-15-6-16-20-10/h3-4,6,17H,1-2,5,14H2. The molecule has 114 valence electrons. The van der Waals surface area contributed by atoms with Crippen LogP contribution >= 0.6 is 11.6 Å². The van der Waals surface area contributed by atoms with E-state index in [1.807, 2.05) is 0 Å². The lowest BCUT2D eigenvalue weighted by molar-refractivity contribution is 0.377. The summed E-state index contributed by atoms with van der Waals surface area (Å²) in [6.45, 7) is -0.0339. The van der Waals surface area contributed by atoms with Gasteiger partial charge in [0.15, 0.2) is 6.33 Å². The van der Waals surface area contributed by atoms with Gasteiger partial charge in [0, 0.05) is 19.5 Å². The van der Waals surface area contributed by atoms with Gasteiger partial charge in [0.05, 0.1) is 9.92 Å². The molecule has 2 aromatic rings. The van der Waals surface area contributed by atoms with E-state index < -0.39 is 15.8 Å². The lowest BCUT2D eigenvalue weighted by Crippen LogP contribution is -2.26. The van der Waals surface area contributed by atoms with Crippen LogP contribution in [0.1, 0.15) is 11.5 Å². The summed E-state index contributed by atoms with van der Waals surface area (Å²) in [4.78, 5) is 3.51. The fraction of sp³-hybridized carbons (Fsp3) is 0.273. The van der Waals surface area contributed by atoms with Crippen molar-refractivity contribution in [3.8, 4) is 0 Å². The van der Waals surface area contributed by atoms with Crippen LogP contribution in [-0.2, 0) is 23.0 Å². The number of nitrogens with one attached hydrogen (secondary N) is 1. The van der Waals surface area contributed by atoms with Crippen molar-refractivity contribution in [2.75, 3.05) is 6.54 Å². The lowest BCUT2D eigenvalue weighted by atomic mass is 10.2. The van der Waals surface area contributed by atoms with Crippen LogP contribution in [0.25, 0.3) is 0 Å². The van der Waals surface area contributed by atoms with Crippen LogP contribution in [0, 0.1) is 5.82 Å². The first kappa shape index (κ1) is 15.8. The second-order valence-electron chi connectivity index (χ2n) is 4.07. The summed E-state index contributed by atoms with van der Waals surface area (Å²) in [6.07, 6.45) is 1.44. The molecule has 21 heavy (non-hydrogen) atoms. The van der Waals surface area contributed by atoms with Crippen molar-refractivity contribution in [1.29, 1.82) is 0 Å². The molecule has 0 unspecified atom stereocenters. The predicted octanol–water partition coefficient (Wildman–Crippen LogP) is 0.842. The van der Waals surface area contributed by atoms with E-state index in [9.17, 15) is 12.8 Å². The maximum absolute atomic E-state index is 13.6. The molecule has 0 bridgehead atoms. The molecule has 0 aliphatic heterocycles. The molecule has 0 aliphatic rings. The first-order valence-corrected chi connectivity index (χ1v) is 7.73. The van der Waals surface area contributed by atoms with Crippen LogP contribution in [0.15, 0.2) is 27.9 Å². The average Bonchev–Trinajstić information content (AvgIpc) is 2.94. The Bertz CT molecular complexity index is 721. The first-order valence-electron chi connectivity index (χ1n) is 5.87. The van der Waals surface area contributed by atoms with E-state index in [-0.39, 0.29) is 35.0 Å². The van der Waals surface area contributed by atoms with E-state index in [2.05, 4.69) is 14.9 Å². The molecule has 7 nitrogen and oxygen atoms in total. The van der Waals surface area contributed by atoms with Gasteiger partial charge in [-0.3, -0.25) is 0 Å². The van der Waals surface area contributed by atoms with Crippen LogP contribution in [0.5, 0.6) is 0 Å². The lowest BCUT2D eigenvalue weighted by Gasteiger charge is -2.09. The molecule has 0 saturated carbocycles. The van der Waals surface area contributed by atoms with Crippen LogP contribution in [0.2, 0.25) is 5.02 Å². The number of nitrogens with two attached hydrogens (primary N) is 1. The van der Waals surface area contributed by atoms with Crippen LogP contribution < -0.4 is 10.5 Å². The minimum atomic E-state index is -3.88. The second-order valence-corrected chi connectivity index (χ2v) is 6.21. The van der Waals surface area contributed by atoms with Gasteiger partial charge < -0.3 is 10.3 Å². The minimum Gasteiger partial charge on any atom is -0.340 e. The number of hydrogen-bond donors (Lipinski definition) is 2. The minimum absolute atomic E-state index is 0.0345. The van der Waals surface area contributed by atoms with Crippen LogP contribution in [0.4, 0.5) is 4.39 Å². The molecule has 1 heterocycles. The summed E-state index contributed by atoms with van der Waals surface area (Å²) in [5.74, 6) is -0.542. The SMILES string of the molecule is NCc1cc(S(=O)(=O)NCCc2ncno2)cc(F)c1Cl. The number of rotatable bonds is 6. The highest BCUT2D eigenvalue weighted by molar-refractivity contribution is 7.89. The number of sulfonamides is 1. The van der Waals surface area contributed by atoms with E-state index in [1.165, 1.54) is 12.4 Å². The van der Waals surface area contributed by atoms with E-state index in [4.69, 9.17) is 21.9 Å². The molecule has 0 spiro atoms. The smallest absolute Gasteiger partial charge is 0.240 e. The summed E-state index contributed by atoms with van der Waals surface area (Å²) in [5, 5.41) is 3.22. The quantitative estimate of drug-likeness (QED) is 0.809. The molecule has 0 amide bonds. The third kappa shape index (κ3) is 3.76. The van der Waals surface area contributed by atoms with Gasteiger partial charge in [-0.15, -0.1) is 0 Å². The zero-order valence-electron chi connectivity index (χ0n) is 10.7. The van der Waals surface area contributed by atoms with Gasteiger partial charge in [-0.05, 0) is 17.7 Å². The number of nitrogens with zero attached hydrogens (tertiary/aromatic N) is 2. The van der Waals surface area contributed by atoms with Gasteiger partial charge in [0.1, 0.15) is 5.82 Å². The van der Waals surface area contributed by atoms with Crippen molar-refractivity contribution in [3.63, 3.8) is 0 Å². The molecule has 10 heteroatoms. The average molecular weight is 335 g/mol. The van der Waals surface area contributed by atoms with E-state index in [1.54, 1.807) is 0 Å². The molecule has 3 N–H and O–H groups in total. The summed E-state index contributed by atoms with van der Waals surface area (Å²) in [6, 6.07) is 2.08. The third-order valence-electron chi connectivity index (χ3n) is 2.65. The molecule has 2 rings (SSSR count). The van der Waals surface area contributed by atoms with Gasteiger partial charge in [-0.25, -0.2) is 17.5 Å². The van der Waals surface area contributed by atoms with Gasteiger partial charge >= 0.3 is 0 Å². The number of hydrogen-bond acceptors (Lipinski definition) is 6. The molecule has 0 radical (unpaired) electrons. The Morgan fingerprint density at radius 2 is 2.19 bits per heavy atom.